The van der Waals surface area contributed by atoms with Crippen LogP contribution in [-0.2, 0) is 0 Å². The molecule has 68 valence electrons. The van der Waals surface area contributed by atoms with Crippen LogP contribution < -0.4 is 10.6 Å². The molecule has 0 aliphatic carbocycles. The van der Waals surface area contributed by atoms with Gasteiger partial charge in [0.25, 0.3) is 0 Å². The molecular formula is C9H11N3S. The Balaban J connectivity index is 2.61. The van der Waals surface area contributed by atoms with Gasteiger partial charge in [0, 0.05) is 19.8 Å². The van der Waals surface area contributed by atoms with E-state index in [9.17, 15) is 0 Å². The highest BCUT2D eigenvalue weighted by atomic mass is 32.1. The van der Waals surface area contributed by atoms with Crippen LogP contribution in [0.15, 0.2) is 18.2 Å². The third kappa shape index (κ3) is 1.45. The topological polar surface area (TPSA) is 42.1 Å². The predicted molar refractivity (Wildman–Crippen MR) is 58.4 cm³/mol. The van der Waals surface area contributed by atoms with Crippen molar-refractivity contribution in [3.05, 3.63) is 18.2 Å². The second-order valence-corrected chi connectivity index (χ2v) is 4.16. The van der Waals surface area contributed by atoms with Crippen molar-refractivity contribution < 1.29 is 0 Å². The van der Waals surface area contributed by atoms with Gasteiger partial charge in [0.15, 0.2) is 5.13 Å². The van der Waals surface area contributed by atoms with Gasteiger partial charge in [-0.25, -0.2) is 4.98 Å². The minimum absolute atomic E-state index is 0.630. The number of fused-ring (bicyclic) bond motifs is 1. The highest BCUT2D eigenvalue weighted by Crippen LogP contribution is 2.26. The molecule has 0 unspecified atom stereocenters. The van der Waals surface area contributed by atoms with Crippen LogP contribution in [0.1, 0.15) is 0 Å². The molecule has 3 nitrogen and oxygen atoms in total. The Morgan fingerprint density at radius 1 is 1.38 bits per heavy atom. The summed E-state index contributed by atoms with van der Waals surface area (Å²) in [6, 6.07) is 6.17. The van der Waals surface area contributed by atoms with Gasteiger partial charge in [0.1, 0.15) is 0 Å². The molecule has 0 aliphatic heterocycles. The monoisotopic (exact) mass is 193 g/mol. The largest absolute Gasteiger partial charge is 0.378 e. The molecule has 0 saturated carbocycles. The van der Waals surface area contributed by atoms with E-state index in [-0.39, 0.29) is 0 Å². The first-order chi connectivity index (χ1) is 6.16. The van der Waals surface area contributed by atoms with Gasteiger partial charge in [-0.15, -0.1) is 0 Å². The molecule has 2 N–H and O–H groups in total. The van der Waals surface area contributed by atoms with Crippen LogP contribution in [-0.4, -0.2) is 19.1 Å². The fourth-order valence-electron chi connectivity index (χ4n) is 1.21. The van der Waals surface area contributed by atoms with Crippen molar-refractivity contribution in [2.24, 2.45) is 0 Å². The lowest BCUT2D eigenvalue weighted by atomic mass is 10.3. The fourth-order valence-corrected chi connectivity index (χ4v) is 1.93. The number of nitrogens with zero attached hydrogens (tertiary/aromatic N) is 2. The Labute approximate surface area is 80.8 Å². The van der Waals surface area contributed by atoms with Gasteiger partial charge in [-0.3, -0.25) is 0 Å². The average Bonchev–Trinajstić information content (AvgIpc) is 2.42. The summed E-state index contributed by atoms with van der Waals surface area (Å²) in [7, 11) is 4.02. The van der Waals surface area contributed by atoms with Gasteiger partial charge < -0.3 is 10.6 Å². The summed E-state index contributed by atoms with van der Waals surface area (Å²) in [5, 5.41) is 0.630. The van der Waals surface area contributed by atoms with Crippen LogP contribution in [0.25, 0.3) is 10.2 Å². The van der Waals surface area contributed by atoms with Crippen molar-refractivity contribution in [2.75, 3.05) is 24.7 Å². The Morgan fingerprint density at radius 2 is 2.15 bits per heavy atom. The SMILES string of the molecule is CN(C)c1ccc2sc(N)nc2c1. The molecule has 1 heterocycles. The van der Waals surface area contributed by atoms with Gasteiger partial charge in [-0.1, -0.05) is 11.3 Å². The number of nitrogen functional groups attached to an aromatic ring is 1. The Morgan fingerprint density at radius 3 is 2.85 bits per heavy atom. The maximum atomic E-state index is 5.61. The highest BCUT2D eigenvalue weighted by molar-refractivity contribution is 7.22. The number of nitrogens with two attached hydrogens (primary N) is 1. The second kappa shape index (κ2) is 2.88. The maximum Gasteiger partial charge on any atom is 0.181 e. The lowest BCUT2D eigenvalue weighted by Gasteiger charge is -2.11. The minimum atomic E-state index is 0.630. The zero-order valence-corrected chi connectivity index (χ0v) is 8.43. The van der Waals surface area contributed by atoms with Crippen molar-refractivity contribution in [3.8, 4) is 0 Å². The van der Waals surface area contributed by atoms with E-state index in [1.54, 1.807) is 0 Å². The lowest BCUT2D eigenvalue weighted by molar-refractivity contribution is 1.13. The molecule has 0 atom stereocenters. The standard InChI is InChI=1S/C9H11N3S/c1-12(2)6-3-4-8-7(5-6)11-9(10)13-8/h3-5H,1-2H3,(H2,10,11). The zero-order valence-electron chi connectivity index (χ0n) is 7.61. The number of benzene rings is 1. The first kappa shape index (κ1) is 8.31. The summed E-state index contributed by atoms with van der Waals surface area (Å²) in [6.07, 6.45) is 0. The quantitative estimate of drug-likeness (QED) is 0.752. The summed E-state index contributed by atoms with van der Waals surface area (Å²) >= 11 is 1.52. The number of aromatic nitrogens is 1. The molecule has 2 rings (SSSR count). The molecule has 0 saturated heterocycles. The smallest absolute Gasteiger partial charge is 0.181 e. The van der Waals surface area contributed by atoms with Crippen LogP contribution in [0, 0.1) is 0 Å². The van der Waals surface area contributed by atoms with Gasteiger partial charge in [0.2, 0.25) is 0 Å². The van der Waals surface area contributed by atoms with Gasteiger partial charge in [-0.05, 0) is 18.2 Å². The molecule has 1 aromatic carbocycles. The molecule has 0 radical (unpaired) electrons. The van der Waals surface area contributed by atoms with Crippen molar-refractivity contribution in [3.63, 3.8) is 0 Å². The van der Waals surface area contributed by atoms with E-state index in [2.05, 4.69) is 22.0 Å². The molecule has 0 spiro atoms. The van der Waals surface area contributed by atoms with Crippen LogP contribution in [0.3, 0.4) is 0 Å². The fraction of sp³-hybridized carbons (Fsp3) is 0.222. The van der Waals surface area contributed by atoms with E-state index in [0.717, 1.165) is 15.9 Å². The maximum absolute atomic E-state index is 5.61. The molecule has 13 heavy (non-hydrogen) atoms. The number of anilines is 2. The Hall–Kier alpha value is -1.29. The van der Waals surface area contributed by atoms with E-state index in [1.807, 2.05) is 20.2 Å². The Kier molecular flexibility index (Phi) is 1.84. The molecule has 0 amide bonds. The van der Waals surface area contributed by atoms with Crippen LogP contribution in [0.4, 0.5) is 10.8 Å². The molecule has 1 aromatic heterocycles. The zero-order chi connectivity index (χ0) is 9.42. The summed E-state index contributed by atoms with van der Waals surface area (Å²) in [6.45, 7) is 0. The third-order valence-corrected chi connectivity index (χ3v) is 2.77. The Bertz CT molecular complexity index is 433. The van der Waals surface area contributed by atoms with Gasteiger partial charge in [0.05, 0.1) is 10.2 Å². The summed E-state index contributed by atoms with van der Waals surface area (Å²) < 4.78 is 1.14. The molecule has 0 fully saturated rings. The van der Waals surface area contributed by atoms with Crippen molar-refractivity contribution >= 4 is 32.4 Å². The summed E-state index contributed by atoms with van der Waals surface area (Å²) in [5.41, 5.74) is 7.74. The third-order valence-electron chi connectivity index (χ3n) is 1.90. The van der Waals surface area contributed by atoms with Crippen LogP contribution in [0.5, 0.6) is 0 Å². The van der Waals surface area contributed by atoms with Gasteiger partial charge in [-0.2, -0.15) is 0 Å². The van der Waals surface area contributed by atoms with Crippen molar-refractivity contribution in [1.29, 1.82) is 0 Å². The van der Waals surface area contributed by atoms with Crippen molar-refractivity contribution in [1.82, 2.24) is 4.98 Å². The van der Waals surface area contributed by atoms with Crippen LogP contribution in [0.2, 0.25) is 0 Å². The second-order valence-electron chi connectivity index (χ2n) is 3.10. The highest BCUT2D eigenvalue weighted by Gasteiger charge is 2.02. The van der Waals surface area contributed by atoms with Crippen molar-refractivity contribution in [2.45, 2.75) is 0 Å². The van der Waals surface area contributed by atoms with E-state index in [0.29, 0.717) is 5.13 Å². The van der Waals surface area contributed by atoms with Gasteiger partial charge >= 0.3 is 0 Å². The number of hydrogen-bond acceptors (Lipinski definition) is 4. The normalized spacial score (nSPS) is 10.6. The number of thiazole rings is 1. The van der Waals surface area contributed by atoms with E-state index in [4.69, 9.17) is 5.73 Å². The number of hydrogen-bond donors (Lipinski definition) is 1. The first-order valence-corrected chi connectivity index (χ1v) is 4.82. The minimum Gasteiger partial charge on any atom is -0.378 e. The molecule has 0 bridgehead atoms. The predicted octanol–water partition coefficient (Wildman–Crippen LogP) is 1.94. The van der Waals surface area contributed by atoms with Crippen LogP contribution >= 0.6 is 11.3 Å². The summed E-state index contributed by atoms with van der Waals surface area (Å²) in [5.74, 6) is 0. The summed E-state index contributed by atoms with van der Waals surface area (Å²) in [4.78, 5) is 6.28. The lowest BCUT2D eigenvalue weighted by Crippen LogP contribution is -2.07. The van der Waals surface area contributed by atoms with E-state index >= 15 is 0 Å². The molecular weight excluding hydrogens is 182 g/mol. The van der Waals surface area contributed by atoms with E-state index in [1.165, 1.54) is 11.3 Å². The first-order valence-electron chi connectivity index (χ1n) is 4.00. The van der Waals surface area contributed by atoms with E-state index < -0.39 is 0 Å². The average molecular weight is 193 g/mol. The molecule has 4 heteroatoms. The number of rotatable bonds is 1. The molecule has 2 aromatic rings. The molecule has 0 aliphatic rings.